The fourth-order valence-corrected chi connectivity index (χ4v) is 2.48. The molecule has 112 valence electrons. The first-order chi connectivity index (χ1) is 9.50. The van der Waals surface area contributed by atoms with Gasteiger partial charge in [-0.1, -0.05) is 13.8 Å². The normalized spacial score (nSPS) is 16.2. The molecule has 0 amide bonds. The van der Waals surface area contributed by atoms with E-state index >= 15 is 0 Å². The summed E-state index contributed by atoms with van der Waals surface area (Å²) >= 11 is 0. The molecule has 0 aliphatic heterocycles. The standard InChI is InChI=1S/C14H26N6/c1-5-20(6-2)13-18-11(15)17-12(19-13)16-9-14(7-8-14)10(3)4/h10H,5-9H2,1-4H3,(H3,15,16,17,18,19). The Morgan fingerprint density at radius 1 is 1.20 bits per heavy atom. The molecule has 0 unspecified atom stereocenters. The van der Waals surface area contributed by atoms with Crippen LogP contribution in [-0.2, 0) is 0 Å². The Balaban J connectivity index is 2.08. The average molecular weight is 278 g/mol. The maximum atomic E-state index is 5.79. The third kappa shape index (κ3) is 3.11. The lowest BCUT2D eigenvalue weighted by Gasteiger charge is -2.21. The first-order valence-electron chi connectivity index (χ1n) is 7.51. The van der Waals surface area contributed by atoms with E-state index in [4.69, 9.17) is 5.73 Å². The van der Waals surface area contributed by atoms with Crippen molar-refractivity contribution in [3.8, 4) is 0 Å². The van der Waals surface area contributed by atoms with E-state index in [0.717, 1.165) is 19.6 Å². The van der Waals surface area contributed by atoms with E-state index in [-0.39, 0.29) is 5.95 Å². The van der Waals surface area contributed by atoms with Crippen molar-refractivity contribution in [3.05, 3.63) is 0 Å². The summed E-state index contributed by atoms with van der Waals surface area (Å²) in [5.74, 6) is 2.20. The Labute approximate surface area is 121 Å². The number of anilines is 3. The Bertz CT molecular complexity index is 451. The van der Waals surface area contributed by atoms with Crippen LogP contribution in [0.5, 0.6) is 0 Å². The summed E-state index contributed by atoms with van der Waals surface area (Å²) in [6.45, 7) is 11.3. The molecular weight excluding hydrogens is 252 g/mol. The first-order valence-corrected chi connectivity index (χ1v) is 7.51. The highest BCUT2D eigenvalue weighted by Crippen LogP contribution is 2.51. The molecule has 1 aromatic rings. The van der Waals surface area contributed by atoms with E-state index < -0.39 is 0 Å². The quantitative estimate of drug-likeness (QED) is 0.795. The van der Waals surface area contributed by atoms with Crippen LogP contribution in [0.25, 0.3) is 0 Å². The van der Waals surface area contributed by atoms with E-state index in [1.807, 2.05) is 0 Å². The lowest BCUT2D eigenvalue weighted by molar-refractivity contribution is 0.379. The van der Waals surface area contributed by atoms with E-state index in [9.17, 15) is 0 Å². The topological polar surface area (TPSA) is 80.0 Å². The van der Waals surface area contributed by atoms with Crippen LogP contribution in [0.4, 0.5) is 17.8 Å². The fraction of sp³-hybridized carbons (Fsp3) is 0.786. The minimum Gasteiger partial charge on any atom is -0.368 e. The summed E-state index contributed by atoms with van der Waals surface area (Å²) in [6, 6.07) is 0. The van der Waals surface area contributed by atoms with Crippen molar-refractivity contribution in [2.75, 3.05) is 35.6 Å². The van der Waals surface area contributed by atoms with Crippen LogP contribution in [0.2, 0.25) is 0 Å². The maximum absolute atomic E-state index is 5.79. The van der Waals surface area contributed by atoms with Gasteiger partial charge in [-0.15, -0.1) is 0 Å². The lowest BCUT2D eigenvalue weighted by atomic mass is 9.92. The Morgan fingerprint density at radius 3 is 2.35 bits per heavy atom. The van der Waals surface area contributed by atoms with Crippen LogP contribution in [0.3, 0.4) is 0 Å². The number of hydrogen-bond donors (Lipinski definition) is 2. The molecule has 1 aromatic heterocycles. The van der Waals surface area contributed by atoms with Crippen molar-refractivity contribution in [1.82, 2.24) is 15.0 Å². The highest BCUT2D eigenvalue weighted by atomic mass is 15.3. The van der Waals surface area contributed by atoms with Gasteiger partial charge in [-0.25, -0.2) is 0 Å². The summed E-state index contributed by atoms with van der Waals surface area (Å²) in [5, 5.41) is 3.34. The second kappa shape index (κ2) is 5.81. The molecule has 1 aliphatic carbocycles. The van der Waals surface area contributed by atoms with Crippen LogP contribution in [-0.4, -0.2) is 34.6 Å². The molecule has 6 heteroatoms. The summed E-state index contributed by atoms with van der Waals surface area (Å²) in [5.41, 5.74) is 6.21. The Morgan fingerprint density at radius 2 is 1.85 bits per heavy atom. The van der Waals surface area contributed by atoms with Crippen LogP contribution >= 0.6 is 0 Å². The van der Waals surface area contributed by atoms with Crippen molar-refractivity contribution in [1.29, 1.82) is 0 Å². The van der Waals surface area contributed by atoms with E-state index in [1.165, 1.54) is 12.8 Å². The predicted octanol–water partition coefficient (Wildman–Crippen LogP) is 2.15. The number of nitrogens with two attached hydrogens (primary N) is 1. The number of rotatable bonds is 7. The number of hydrogen-bond acceptors (Lipinski definition) is 6. The minimum absolute atomic E-state index is 0.277. The van der Waals surface area contributed by atoms with Crippen molar-refractivity contribution >= 4 is 17.8 Å². The zero-order valence-electron chi connectivity index (χ0n) is 13.0. The van der Waals surface area contributed by atoms with E-state index in [1.54, 1.807) is 0 Å². The second-order valence-electron chi connectivity index (χ2n) is 5.86. The molecule has 1 heterocycles. The van der Waals surface area contributed by atoms with Crippen molar-refractivity contribution < 1.29 is 0 Å². The molecule has 20 heavy (non-hydrogen) atoms. The molecule has 0 spiro atoms. The summed E-state index contributed by atoms with van der Waals surface area (Å²) in [7, 11) is 0. The first kappa shape index (κ1) is 14.8. The van der Waals surface area contributed by atoms with Gasteiger partial charge in [-0.2, -0.15) is 15.0 Å². The van der Waals surface area contributed by atoms with Gasteiger partial charge in [0.15, 0.2) is 0 Å². The zero-order valence-corrected chi connectivity index (χ0v) is 13.0. The van der Waals surface area contributed by atoms with Gasteiger partial charge in [-0.3, -0.25) is 0 Å². The zero-order chi connectivity index (χ0) is 14.8. The third-order valence-electron chi connectivity index (χ3n) is 4.40. The molecular formula is C14H26N6. The molecule has 0 radical (unpaired) electrons. The van der Waals surface area contributed by atoms with Crippen LogP contribution in [0.1, 0.15) is 40.5 Å². The molecule has 1 saturated carbocycles. The molecule has 0 saturated heterocycles. The van der Waals surface area contributed by atoms with Crippen molar-refractivity contribution in [3.63, 3.8) is 0 Å². The van der Waals surface area contributed by atoms with Gasteiger partial charge in [-0.05, 0) is 38.0 Å². The lowest BCUT2D eigenvalue weighted by Crippen LogP contribution is -2.26. The monoisotopic (exact) mass is 278 g/mol. The van der Waals surface area contributed by atoms with Crippen LogP contribution in [0, 0.1) is 11.3 Å². The second-order valence-corrected chi connectivity index (χ2v) is 5.86. The fourth-order valence-electron chi connectivity index (χ4n) is 2.48. The van der Waals surface area contributed by atoms with Gasteiger partial charge in [0, 0.05) is 19.6 Å². The average Bonchev–Trinajstić information content (AvgIpc) is 3.18. The highest BCUT2D eigenvalue weighted by molar-refractivity contribution is 5.42. The number of aromatic nitrogens is 3. The van der Waals surface area contributed by atoms with Gasteiger partial charge in [0.05, 0.1) is 0 Å². The minimum atomic E-state index is 0.277. The molecule has 1 fully saturated rings. The van der Waals surface area contributed by atoms with Gasteiger partial charge in [0.2, 0.25) is 17.8 Å². The number of nitrogen functional groups attached to an aromatic ring is 1. The Hall–Kier alpha value is -1.59. The highest BCUT2D eigenvalue weighted by Gasteiger charge is 2.45. The van der Waals surface area contributed by atoms with Crippen LogP contribution in [0.15, 0.2) is 0 Å². The van der Waals surface area contributed by atoms with E-state index in [2.05, 4.69) is 52.9 Å². The predicted molar refractivity (Wildman–Crippen MR) is 82.8 cm³/mol. The van der Waals surface area contributed by atoms with E-state index in [0.29, 0.717) is 23.2 Å². The summed E-state index contributed by atoms with van der Waals surface area (Å²) in [4.78, 5) is 15.0. The van der Waals surface area contributed by atoms with Crippen LogP contribution < -0.4 is 16.0 Å². The SMILES string of the molecule is CCN(CC)c1nc(N)nc(NCC2(C(C)C)CC2)n1. The largest absolute Gasteiger partial charge is 0.368 e. The van der Waals surface area contributed by atoms with Gasteiger partial charge in [0.25, 0.3) is 0 Å². The van der Waals surface area contributed by atoms with Gasteiger partial charge < -0.3 is 16.0 Å². The smallest absolute Gasteiger partial charge is 0.231 e. The summed E-state index contributed by atoms with van der Waals surface area (Å²) in [6.07, 6.45) is 2.56. The molecule has 6 nitrogen and oxygen atoms in total. The molecule has 2 rings (SSSR count). The molecule has 0 aromatic carbocycles. The summed E-state index contributed by atoms with van der Waals surface area (Å²) < 4.78 is 0. The van der Waals surface area contributed by atoms with Crippen molar-refractivity contribution in [2.24, 2.45) is 11.3 Å². The van der Waals surface area contributed by atoms with Crippen molar-refractivity contribution in [2.45, 2.75) is 40.5 Å². The molecule has 3 N–H and O–H groups in total. The Kier molecular flexibility index (Phi) is 4.30. The molecule has 0 atom stereocenters. The maximum Gasteiger partial charge on any atom is 0.231 e. The number of nitrogens with zero attached hydrogens (tertiary/aromatic N) is 4. The molecule has 1 aliphatic rings. The third-order valence-corrected chi connectivity index (χ3v) is 4.40. The van der Waals surface area contributed by atoms with Gasteiger partial charge in [0.1, 0.15) is 0 Å². The van der Waals surface area contributed by atoms with Gasteiger partial charge >= 0.3 is 0 Å². The molecule has 0 bridgehead atoms. The number of nitrogens with one attached hydrogen (secondary N) is 1.